The van der Waals surface area contributed by atoms with Gasteiger partial charge in [-0.15, -0.1) is 16.9 Å². The van der Waals surface area contributed by atoms with Gasteiger partial charge in [0.15, 0.2) is 0 Å². The highest BCUT2D eigenvalue weighted by Crippen LogP contribution is 2.21. The van der Waals surface area contributed by atoms with E-state index in [1.165, 1.54) is 10.5 Å². The first-order valence-corrected chi connectivity index (χ1v) is 7.12. The van der Waals surface area contributed by atoms with Crippen LogP contribution in [0.5, 0.6) is 0 Å². The molecule has 2 rings (SSSR count). The first kappa shape index (κ1) is 13.1. The monoisotopic (exact) mass is 262 g/mol. The van der Waals surface area contributed by atoms with E-state index in [2.05, 4.69) is 46.2 Å². The van der Waals surface area contributed by atoms with E-state index >= 15 is 0 Å². The predicted octanol–water partition coefficient (Wildman–Crippen LogP) is 2.04. The van der Waals surface area contributed by atoms with Crippen LogP contribution in [0, 0.1) is 0 Å². The Hall–Kier alpha value is -1.33. The minimum atomic E-state index is 0.276. The van der Waals surface area contributed by atoms with Crippen molar-refractivity contribution in [3.05, 3.63) is 41.7 Å². The maximum atomic E-state index is 4.13. The molecule has 0 bridgehead atoms. The predicted molar refractivity (Wildman–Crippen MR) is 74.7 cm³/mol. The maximum absolute atomic E-state index is 4.13. The van der Waals surface area contributed by atoms with Crippen molar-refractivity contribution < 1.29 is 0 Å². The van der Waals surface area contributed by atoms with Gasteiger partial charge in [-0.1, -0.05) is 17.3 Å². The number of aryl methyl sites for hydroxylation is 1. The Morgan fingerprint density at radius 3 is 2.56 bits per heavy atom. The molecule has 5 heteroatoms. The highest BCUT2D eigenvalue weighted by Gasteiger charge is 2.12. The number of aromatic nitrogens is 3. The van der Waals surface area contributed by atoms with Crippen LogP contribution >= 0.6 is 11.8 Å². The minimum absolute atomic E-state index is 0.276. The summed E-state index contributed by atoms with van der Waals surface area (Å²) in [5, 5.41) is 11.4. The molecule has 1 N–H and O–H groups in total. The van der Waals surface area contributed by atoms with Gasteiger partial charge in [0, 0.05) is 30.6 Å². The third kappa shape index (κ3) is 3.11. The van der Waals surface area contributed by atoms with Crippen molar-refractivity contribution in [3.63, 3.8) is 0 Å². The number of benzene rings is 1. The third-order valence-electron chi connectivity index (χ3n) is 2.93. The average molecular weight is 262 g/mol. The van der Waals surface area contributed by atoms with Crippen LogP contribution in [0.4, 0.5) is 0 Å². The van der Waals surface area contributed by atoms with Crippen LogP contribution in [0.25, 0.3) is 0 Å². The first-order chi connectivity index (χ1) is 8.72. The second-order valence-corrected chi connectivity index (χ2v) is 5.08. The van der Waals surface area contributed by atoms with Gasteiger partial charge in [0.05, 0.1) is 5.69 Å². The number of likely N-dealkylation sites (N-methyl/N-ethyl adjacent to an activating group) is 1. The number of hydrogen-bond donors (Lipinski definition) is 1. The molecule has 4 nitrogen and oxygen atoms in total. The molecule has 1 aromatic heterocycles. The Bertz CT molecular complexity index is 492. The molecule has 0 radical (unpaired) electrons. The summed E-state index contributed by atoms with van der Waals surface area (Å²) in [6, 6.07) is 8.92. The van der Waals surface area contributed by atoms with E-state index in [-0.39, 0.29) is 6.04 Å². The van der Waals surface area contributed by atoms with E-state index in [0.29, 0.717) is 0 Å². The Balaban J connectivity index is 2.12. The second-order valence-electron chi connectivity index (χ2n) is 4.20. The molecule has 1 heterocycles. The average Bonchev–Trinajstić information content (AvgIpc) is 2.82. The molecule has 0 fully saturated rings. The van der Waals surface area contributed by atoms with Crippen LogP contribution in [0.1, 0.15) is 17.3 Å². The van der Waals surface area contributed by atoms with E-state index < -0.39 is 0 Å². The Kier molecular flexibility index (Phi) is 4.38. The lowest BCUT2D eigenvalue weighted by molar-refractivity contribution is 0.583. The quantitative estimate of drug-likeness (QED) is 0.837. The summed E-state index contributed by atoms with van der Waals surface area (Å²) in [4.78, 5) is 1.29. The first-order valence-electron chi connectivity index (χ1n) is 5.89. The topological polar surface area (TPSA) is 42.7 Å². The molecule has 96 valence electrons. The highest BCUT2D eigenvalue weighted by molar-refractivity contribution is 7.98. The zero-order chi connectivity index (χ0) is 13.0. The van der Waals surface area contributed by atoms with Crippen molar-refractivity contribution in [3.8, 4) is 0 Å². The van der Waals surface area contributed by atoms with Crippen molar-refractivity contribution in [2.24, 2.45) is 7.05 Å². The van der Waals surface area contributed by atoms with Crippen LogP contribution in [0.3, 0.4) is 0 Å². The van der Waals surface area contributed by atoms with Gasteiger partial charge in [0.1, 0.15) is 0 Å². The normalized spacial score (nSPS) is 12.6. The van der Waals surface area contributed by atoms with E-state index in [0.717, 1.165) is 12.1 Å². The van der Waals surface area contributed by atoms with Crippen molar-refractivity contribution in [2.45, 2.75) is 17.4 Å². The van der Waals surface area contributed by atoms with E-state index in [1.807, 2.05) is 20.3 Å². The highest BCUT2D eigenvalue weighted by atomic mass is 32.2. The molecule has 0 spiro atoms. The third-order valence-corrected chi connectivity index (χ3v) is 3.67. The van der Waals surface area contributed by atoms with Gasteiger partial charge in [-0.2, -0.15) is 0 Å². The molecule has 0 amide bonds. The molecule has 0 saturated carbocycles. The summed E-state index contributed by atoms with van der Waals surface area (Å²) in [6.07, 6.45) is 4.90. The van der Waals surface area contributed by atoms with Gasteiger partial charge in [-0.25, -0.2) is 0 Å². The fourth-order valence-corrected chi connectivity index (χ4v) is 2.33. The molecule has 0 aliphatic carbocycles. The Labute approximate surface area is 112 Å². The van der Waals surface area contributed by atoms with E-state index in [1.54, 1.807) is 16.4 Å². The van der Waals surface area contributed by atoms with Gasteiger partial charge in [-0.05, 0) is 31.0 Å². The lowest BCUT2D eigenvalue weighted by Gasteiger charge is -2.15. The molecule has 0 aliphatic heterocycles. The van der Waals surface area contributed by atoms with Crippen LogP contribution < -0.4 is 5.32 Å². The fraction of sp³-hybridized carbons (Fsp3) is 0.385. The summed E-state index contributed by atoms with van der Waals surface area (Å²) in [5.41, 5.74) is 2.28. The van der Waals surface area contributed by atoms with Gasteiger partial charge < -0.3 is 5.32 Å². The number of nitrogens with zero attached hydrogens (tertiary/aromatic N) is 3. The van der Waals surface area contributed by atoms with Crippen molar-refractivity contribution in [1.82, 2.24) is 20.3 Å². The van der Waals surface area contributed by atoms with Crippen LogP contribution in [-0.2, 0) is 13.5 Å². The maximum Gasteiger partial charge on any atom is 0.0845 e. The van der Waals surface area contributed by atoms with Crippen LogP contribution in [0.2, 0.25) is 0 Å². The molecule has 1 aromatic carbocycles. The summed E-state index contributed by atoms with van der Waals surface area (Å²) in [7, 11) is 3.86. The van der Waals surface area contributed by atoms with E-state index in [4.69, 9.17) is 0 Å². The summed E-state index contributed by atoms with van der Waals surface area (Å²) in [6.45, 7) is 0. The van der Waals surface area contributed by atoms with Crippen LogP contribution in [-0.4, -0.2) is 28.3 Å². The fourth-order valence-electron chi connectivity index (χ4n) is 1.92. The Morgan fingerprint density at radius 1 is 1.33 bits per heavy atom. The summed E-state index contributed by atoms with van der Waals surface area (Å²) in [5.74, 6) is 0. The SMILES string of the molecule is CNC(Cc1cn(C)nn1)c1ccc(SC)cc1. The zero-order valence-electron chi connectivity index (χ0n) is 10.9. The molecule has 0 saturated heterocycles. The van der Waals surface area contributed by atoms with Gasteiger partial charge in [0.25, 0.3) is 0 Å². The van der Waals surface area contributed by atoms with Gasteiger partial charge in [-0.3, -0.25) is 4.68 Å². The summed E-state index contributed by atoms with van der Waals surface area (Å²) < 4.78 is 1.73. The largest absolute Gasteiger partial charge is 0.313 e. The number of nitrogens with one attached hydrogen (secondary N) is 1. The summed E-state index contributed by atoms with van der Waals surface area (Å²) >= 11 is 1.76. The second kappa shape index (κ2) is 6.02. The van der Waals surface area contributed by atoms with Crippen molar-refractivity contribution in [2.75, 3.05) is 13.3 Å². The lowest BCUT2D eigenvalue weighted by atomic mass is 10.0. The lowest BCUT2D eigenvalue weighted by Crippen LogP contribution is -2.19. The zero-order valence-corrected chi connectivity index (χ0v) is 11.7. The Morgan fingerprint density at radius 2 is 2.06 bits per heavy atom. The number of rotatable bonds is 5. The number of thioether (sulfide) groups is 1. The molecule has 2 aromatic rings. The van der Waals surface area contributed by atoms with E-state index in [9.17, 15) is 0 Å². The van der Waals surface area contributed by atoms with Gasteiger partial charge >= 0.3 is 0 Å². The van der Waals surface area contributed by atoms with Crippen LogP contribution in [0.15, 0.2) is 35.4 Å². The molecule has 1 atom stereocenters. The number of hydrogen-bond acceptors (Lipinski definition) is 4. The molecular weight excluding hydrogens is 244 g/mol. The van der Waals surface area contributed by atoms with Gasteiger partial charge in [0.2, 0.25) is 0 Å². The van der Waals surface area contributed by atoms with Crippen molar-refractivity contribution in [1.29, 1.82) is 0 Å². The molecular formula is C13H18N4S. The van der Waals surface area contributed by atoms with Crippen molar-refractivity contribution >= 4 is 11.8 Å². The molecule has 0 aliphatic rings. The smallest absolute Gasteiger partial charge is 0.0845 e. The molecule has 1 unspecified atom stereocenters. The molecule has 18 heavy (non-hydrogen) atoms. The standard InChI is InChI=1S/C13H18N4S/c1-14-13(8-11-9-17(2)16-15-11)10-4-6-12(18-3)7-5-10/h4-7,9,13-14H,8H2,1-3H3. The minimum Gasteiger partial charge on any atom is -0.313 e.